The molecule has 10 nitrogen and oxygen atoms in total. The summed E-state index contributed by atoms with van der Waals surface area (Å²) in [5.41, 5.74) is 2.00. The van der Waals surface area contributed by atoms with Gasteiger partial charge in [0.05, 0.1) is 33.6 Å². The van der Waals surface area contributed by atoms with Crippen LogP contribution in [0, 0.1) is 0 Å². The van der Waals surface area contributed by atoms with Gasteiger partial charge < -0.3 is 29.3 Å². The SMILES string of the molecule is COc1ccc([C@H]2Nc3nonc3NC3=C2C(=O)C[C@@H](c2ccco2)C3)c(OC)c1OC. The third-order valence-electron chi connectivity index (χ3n) is 5.83. The van der Waals surface area contributed by atoms with Gasteiger partial charge in [-0.05, 0) is 41.0 Å². The Balaban J connectivity index is 1.66. The molecule has 0 radical (unpaired) electrons. The third-order valence-corrected chi connectivity index (χ3v) is 5.83. The van der Waals surface area contributed by atoms with Gasteiger partial charge in [0.2, 0.25) is 17.4 Å². The standard InChI is InChI=1S/C22H22N4O6/c1-28-16-7-6-12(19(29-2)20(16)30-3)18-17-13(23-21-22(24-18)26-32-25-21)9-11(10-14(17)27)15-5-4-8-31-15/h4-8,11,18H,9-10H2,1-3H3,(H,23,25)(H,24,26)/t11-,18+/m0/s1. The maximum Gasteiger partial charge on any atom is 0.219 e. The van der Waals surface area contributed by atoms with Crippen molar-refractivity contribution >= 4 is 17.4 Å². The fraction of sp³-hybridized carbons (Fsp3) is 0.318. The van der Waals surface area contributed by atoms with Crippen molar-refractivity contribution in [2.24, 2.45) is 0 Å². The number of benzene rings is 1. The maximum absolute atomic E-state index is 13.5. The fourth-order valence-electron chi connectivity index (χ4n) is 4.41. The molecule has 3 aromatic rings. The van der Waals surface area contributed by atoms with Crippen molar-refractivity contribution < 1.29 is 28.1 Å². The van der Waals surface area contributed by atoms with Crippen molar-refractivity contribution in [1.29, 1.82) is 0 Å². The Labute approximate surface area is 183 Å². The largest absolute Gasteiger partial charge is 0.493 e. The quantitative estimate of drug-likeness (QED) is 0.610. The van der Waals surface area contributed by atoms with Crippen LogP contribution in [0.15, 0.2) is 50.8 Å². The molecule has 0 saturated heterocycles. The molecule has 1 aliphatic heterocycles. The minimum absolute atomic E-state index is 0.0171. The van der Waals surface area contributed by atoms with Crippen LogP contribution in [0.3, 0.4) is 0 Å². The van der Waals surface area contributed by atoms with Crippen molar-refractivity contribution in [2.75, 3.05) is 32.0 Å². The molecule has 3 heterocycles. The van der Waals surface area contributed by atoms with E-state index in [1.807, 2.05) is 18.2 Å². The highest BCUT2D eigenvalue weighted by molar-refractivity contribution is 6.01. The first-order valence-electron chi connectivity index (χ1n) is 10.1. The molecule has 0 spiro atoms. The Kier molecular flexibility index (Phi) is 4.96. The number of aromatic nitrogens is 2. The number of rotatable bonds is 5. The Hall–Kier alpha value is -3.95. The van der Waals surface area contributed by atoms with Gasteiger partial charge in [-0.3, -0.25) is 4.79 Å². The van der Waals surface area contributed by atoms with Crippen LogP contribution in [0.2, 0.25) is 0 Å². The highest BCUT2D eigenvalue weighted by atomic mass is 16.6. The Morgan fingerprint density at radius 1 is 1.00 bits per heavy atom. The van der Waals surface area contributed by atoms with Crippen molar-refractivity contribution in [3.8, 4) is 17.2 Å². The van der Waals surface area contributed by atoms with Crippen LogP contribution < -0.4 is 24.8 Å². The minimum Gasteiger partial charge on any atom is -0.493 e. The van der Waals surface area contributed by atoms with E-state index in [9.17, 15) is 4.79 Å². The lowest BCUT2D eigenvalue weighted by Gasteiger charge is -2.29. The van der Waals surface area contributed by atoms with Crippen LogP contribution in [-0.2, 0) is 4.79 Å². The number of anilines is 2. The second-order valence-corrected chi connectivity index (χ2v) is 7.52. The van der Waals surface area contributed by atoms with E-state index in [1.54, 1.807) is 26.5 Å². The van der Waals surface area contributed by atoms with E-state index in [0.29, 0.717) is 52.9 Å². The number of furan rings is 1. The summed E-state index contributed by atoms with van der Waals surface area (Å²) in [6, 6.07) is 6.74. The number of hydrogen-bond acceptors (Lipinski definition) is 10. The molecular weight excluding hydrogens is 416 g/mol. The minimum atomic E-state index is -0.578. The molecule has 166 valence electrons. The van der Waals surface area contributed by atoms with Crippen LogP contribution in [0.25, 0.3) is 0 Å². The third kappa shape index (κ3) is 3.15. The first kappa shape index (κ1) is 20.0. The first-order chi connectivity index (χ1) is 15.6. The zero-order chi connectivity index (χ0) is 22.2. The van der Waals surface area contributed by atoms with Gasteiger partial charge in [0.15, 0.2) is 17.3 Å². The van der Waals surface area contributed by atoms with E-state index in [1.165, 1.54) is 7.11 Å². The van der Waals surface area contributed by atoms with Crippen molar-refractivity contribution in [3.05, 3.63) is 53.1 Å². The molecular formula is C22H22N4O6. The Morgan fingerprint density at radius 2 is 1.81 bits per heavy atom. The molecule has 1 aromatic carbocycles. The number of hydrogen-bond donors (Lipinski definition) is 2. The average molecular weight is 438 g/mol. The zero-order valence-corrected chi connectivity index (χ0v) is 17.8. The van der Waals surface area contributed by atoms with Crippen LogP contribution >= 0.6 is 0 Å². The molecule has 0 unspecified atom stereocenters. The lowest BCUT2D eigenvalue weighted by atomic mass is 9.80. The molecule has 5 rings (SSSR count). The number of nitrogens with zero attached hydrogens (tertiary/aromatic N) is 2. The van der Waals surface area contributed by atoms with E-state index in [0.717, 1.165) is 11.5 Å². The summed E-state index contributed by atoms with van der Waals surface area (Å²) in [7, 11) is 4.64. The topological polar surface area (TPSA) is 121 Å². The van der Waals surface area contributed by atoms with Gasteiger partial charge in [-0.15, -0.1) is 0 Å². The molecule has 0 saturated carbocycles. The summed E-state index contributed by atoms with van der Waals surface area (Å²) >= 11 is 0. The number of fused-ring (bicyclic) bond motifs is 1. The molecule has 10 heteroatoms. The summed E-state index contributed by atoms with van der Waals surface area (Å²) in [5.74, 6) is 2.87. The number of ether oxygens (including phenoxy) is 3. The van der Waals surface area contributed by atoms with Gasteiger partial charge >= 0.3 is 0 Å². The summed E-state index contributed by atoms with van der Waals surface area (Å²) in [6.45, 7) is 0. The predicted octanol–water partition coefficient (Wildman–Crippen LogP) is 3.67. The molecule has 2 aliphatic rings. The van der Waals surface area contributed by atoms with Crippen LogP contribution in [0.1, 0.15) is 36.1 Å². The summed E-state index contributed by atoms with van der Waals surface area (Å²) in [5, 5.41) is 14.4. The van der Waals surface area contributed by atoms with Gasteiger partial charge in [-0.25, -0.2) is 4.63 Å². The van der Waals surface area contributed by atoms with Gasteiger partial charge in [-0.1, -0.05) is 0 Å². The van der Waals surface area contributed by atoms with Crippen molar-refractivity contribution in [2.45, 2.75) is 24.8 Å². The van der Waals surface area contributed by atoms with Gasteiger partial charge in [0.25, 0.3) is 0 Å². The molecule has 1 aliphatic carbocycles. The molecule has 0 amide bonds. The van der Waals surface area contributed by atoms with Gasteiger partial charge in [0.1, 0.15) is 5.76 Å². The second-order valence-electron chi connectivity index (χ2n) is 7.52. The average Bonchev–Trinajstić information content (AvgIpc) is 3.47. The number of nitrogens with one attached hydrogen (secondary N) is 2. The second kappa shape index (κ2) is 7.95. The molecule has 2 atom stereocenters. The van der Waals surface area contributed by atoms with Crippen LogP contribution in [0.5, 0.6) is 17.2 Å². The van der Waals surface area contributed by atoms with E-state index in [2.05, 4.69) is 20.9 Å². The summed E-state index contributed by atoms with van der Waals surface area (Å²) in [6.07, 6.45) is 2.49. The Morgan fingerprint density at radius 3 is 2.53 bits per heavy atom. The summed E-state index contributed by atoms with van der Waals surface area (Å²) < 4.78 is 27.2. The Bertz CT molecular complexity index is 1180. The lowest BCUT2D eigenvalue weighted by molar-refractivity contribution is -0.116. The van der Waals surface area contributed by atoms with E-state index in [-0.39, 0.29) is 11.7 Å². The number of Topliss-reactive ketones (excluding diaryl/α,β-unsaturated/α-hetero) is 1. The number of ketones is 1. The maximum atomic E-state index is 13.5. The number of carbonyl (C=O) groups excluding carboxylic acids is 1. The monoisotopic (exact) mass is 438 g/mol. The molecule has 2 N–H and O–H groups in total. The predicted molar refractivity (Wildman–Crippen MR) is 113 cm³/mol. The number of allylic oxidation sites excluding steroid dienone is 1. The van der Waals surface area contributed by atoms with Crippen molar-refractivity contribution in [1.82, 2.24) is 10.3 Å². The van der Waals surface area contributed by atoms with Crippen LogP contribution in [0.4, 0.5) is 11.6 Å². The molecule has 32 heavy (non-hydrogen) atoms. The summed E-state index contributed by atoms with van der Waals surface area (Å²) in [4.78, 5) is 13.5. The van der Waals surface area contributed by atoms with Crippen LogP contribution in [-0.4, -0.2) is 37.4 Å². The van der Waals surface area contributed by atoms with E-state index >= 15 is 0 Å². The van der Waals surface area contributed by atoms with Gasteiger partial charge in [0, 0.05) is 29.2 Å². The highest BCUT2D eigenvalue weighted by Crippen LogP contribution is 2.48. The van der Waals surface area contributed by atoms with Gasteiger partial charge in [-0.2, -0.15) is 0 Å². The fourth-order valence-corrected chi connectivity index (χ4v) is 4.41. The molecule has 0 bridgehead atoms. The number of methoxy groups -OCH3 is 3. The zero-order valence-electron chi connectivity index (χ0n) is 17.8. The van der Waals surface area contributed by atoms with Crippen molar-refractivity contribution in [3.63, 3.8) is 0 Å². The molecule has 2 aromatic heterocycles. The smallest absolute Gasteiger partial charge is 0.219 e. The van der Waals surface area contributed by atoms with E-state index < -0.39 is 6.04 Å². The normalized spacial score (nSPS) is 19.9. The number of carbonyl (C=O) groups is 1. The van der Waals surface area contributed by atoms with E-state index in [4.69, 9.17) is 23.3 Å². The highest BCUT2D eigenvalue weighted by Gasteiger charge is 2.39. The molecule has 0 fully saturated rings. The first-order valence-corrected chi connectivity index (χ1v) is 10.1. The lowest BCUT2D eigenvalue weighted by Crippen LogP contribution is -2.27.